The Labute approximate surface area is 183 Å². The zero-order valence-electron chi connectivity index (χ0n) is 17.8. The van der Waals surface area contributed by atoms with E-state index < -0.39 is 0 Å². The molecule has 0 atom stereocenters. The molecule has 1 N–H and O–H groups in total. The minimum Gasteiger partial charge on any atom is -0.454 e. The molecular formula is C24H20N4O4. The molecule has 5 rings (SSSR count). The van der Waals surface area contributed by atoms with E-state index >= 15 is 0 Å². The summed E-state index contributed by atoms with van der Waals surface area (Å²) < 4.78 is 12.5. The molecule has 0 saturated heterocycles. The number of nitrogens with zero attached hydrogens (tertiary/aromatic N) is 3. The van der Waals surface area contributed by atoms with Gasteiger partial charge in [0.25, 0.3) is 5.91 Å². The van der Waals surface area contributed by atoms with Crippen LogP contribution in [0.3, 0.4) is 0 Å². The van der Waals surface area contributed by atoms with Gasteiger partial charge in [0.2, 0.25) is 6.79 Å². The normalized spacial score (nSPS) is 12.2. The number of aromatic nitrogens is 3. The van der Waals surface area contributed by atoms with Crippen LogP contribution in [-0.2, 0) is 7.05 Å². The smallest absolute Gasteiger partial charge is 0.256 e. The quantitative estimate of drug-likeness (QED) is 0.491. The number of amides is 1. The lowest BCUT2D eigenvalue weighted by atomic mass is 10.0. The van der Waals surface area contributed by atoms with Crippen molar-refractivity contribution in [1.29, 1.82) is 0 Å². The number of benzene rings is 2. The van der Waals surface area contributed by atoms with Crippen molar-refractivity contribution in [2.75, 3.05) is 12.1 Å². The predicted molar refractivity (Wildman–Crippen MR) is 119 cm³/mol. The number of anilines is 1. The van der Waals surface area contributed by atoms with E-state index in [4.69, 9.17) is 14.5 Å². The van der Waals surface area contributed by atoms with Crippen LogP contribution in [0.5, 0.6) is 11.5 Å². The van der Waals surface area contributed by atoms with Gasteiger partial charge in [0.1, 0.15) is 0 Å². The van der Waals surface area contributed by atoms with E-state index in [0.717, 1.165) is 5.56 Å². The minimum absolute atomic E-state index is 0.0738. The number of Topliss-reactive ketones (excluding diaryl/α,β-unsaturated/α-hetero) is 1. The maximum Gasteiger partial charge on any atom is 0.256 e. The summed E-state index contributed by atoms with van der Waals surface area (Å²) in [6, 6.07) is 14.6. The molecule has 160 valence electrons. The third kappa shape index (κ3) is 3.26. The molecule has 0 bridgehead atoms. The molecule has 0 radical (unpaired) electrons. The van der Waals surface area contributed by atoms with Crippen LogP contribution in [0.2, 0.25) is 0 Å². The molecule has 32 heavy (non-hydrogen) atoms. The van der Waals surface area contributed by atoms with Crippen molar-refractivity contribution in [2.24, 2.45) is 7.05 Å². The average molecular weight is 428 g/mol. The van der Waals surface area contributed by atoms with Gasteiger partial charge >= 0.3 is 0 Å². The summed E-state index contributed by atoms with van der Waals surface area (Å²) in [5.74, 6) is 0.398. The monoisotopic (exact) mass is 428 g/mol. The van der Waals surface area contributed by atoms with Gasteiger partial charge in [0, 0.05) is 24.2 Å². The topological polar surface area (TPSA) is 95.3 Å². The van der Waals surface area contributed by atoms with E-state index in [1.54, 1.807) is 29.9 Å². The Morgan fingerprint density at radius 1 is 1.03 bits per heavy atom. The van der Waals surface area contributed by atoms with Gasteiger partial charge in [-0.05, 0) is 26.0 Å². The molecule has 1 aliphatic heterocycles. The largest absolute Gasteiger partial charge is 0.454 e. The second-order valence-corrected chi connectivity index (χ2v) is 7.59. The highest BCUT2D eigenvalue weighted by Crippen LogP contribution is 2.38. The summed E-state index contributed by atoms with van der Waals surface area (Å²) in [5.41, 5.74) is 3.97. The van der Waals surface area contributed by atoms with Gasteiger partial charge in [-0.2, -0.15) is 5.10 Å². The minimum atomic E-state index is -0.368. The fourth-order valence-corrected chi connectivity index (χ4v) is 3.91. The molecule has 0 spiro atoms. The zero-order valence-corrected chi connectivity index (χ0v) is 17.8. The Balaban J connectivity index is 1.64. The molecule has 0 aliphatic carbocycles. The number of ether oxygens (including phenoxy) is 2. The number of pyridine rings is 1. The summed E-state index contributed by atoms with van der Waals surface area (Å²) in [4.78, 5) is 30.4. The molecule has 1 aliphatic rings. The molecule has 8 nitrogen and oxygen atoms in total. The molecule has 0 fully saturated rings. The van der Waals surface area contributed by atoms with Crippen LogP contribution < -0.4 is 14.8 Å². The van der Waals surface area contributed by atoms with Gasteiger partial charge in [0.15, 0.2) is 22.9 Å². The van der Waals surface area contributed by atoms with Crippen LogP contribution >= 0.6 is 0 Å². The number of carbonyl (C=O) groups excluding carboxylic acids is 2. The summed E-state index contributed by atoms with van der Waals surface area (Å²) in [7, 11) is 1.80. The van der Waals surface area contributed by atoms with Gasteiger partial charge in [-0.15, -0.1) is 0 Å². The van der Waals surface area contributed by atoms with Crippen LogP contribution in [-0.4, -0.2) is 33.2 Å². The molecule has 4 aromatic rings. The standard InChI is InChI=1S/C24H20N4O4/c1-13-22-17(9-18(15-7-5-4-6-8-15)25-23(22)28(3)27-13)24(30)26-19-11-21-20(31-12-32-21)10-16(19)14(2)29/h4-11H,12H2,1-3H3,(H,26,30). The van der Waals surface area contributed by atoms with Crippen LogP contribution in [0, 0.1) is 6.92 Å². The van der Waals surface area contributed by atoms with Crippen molar-refractivity contribution in [1.82, 2.24) is 14.8 Å². The van der Waals surface area contributed by atoms with E-state index in [0.29, 0.717) is 50.7 Å². The highest BCUT2D eigenvalue weighted by molar-refractivity contribution is 6.15. The molecule has 8 heteroatoms. The first-order chi connectivity index (χ1) is 15.4. The number of hydrogen-bond acceptors (Lipinski definition) is 6. The SMILES string of the molecule is CC(=O)c1cc2c(cc1NC(=O)c1cc(-c3ccccc3)nc3c1c(C)nn3C)OCO2. The molecule has 2 aromatic carbocycles. The predicted octanol–water partition coefficient (Wildman–Crippen LogP) is 4.13. The number of rotatable bonds is 4. The van der Waals surface area contributed by atoms with Crippen molar-refractivity contribution in [2.45, 2.75) is 13.8 Å². The van der Waals surface area contributed by atoms with Crippen molar-refractivity contribution in [3.05, 3.63) is 65.4 Å². The van der Waals surface area contributed by atoms with Crippen molar-refractivity contribution >= 4 is 28.4 Å². The Hall–Kier alpha value is -4.20. The summed E-state index contributed by atoms with van der Waals surface area (Å²) >= 11 is 0. The van der Waals surface area contributed by atoms with E-state index in [-0.39, 0.29) is 18.5 Å². The first kappa shape index (κ1) is 19.7. The van der Waals surface area contributed by atoms with E-state index in [2.05, 4.69) is 10.4 Å². The van der Waals surface area contributed by atoms with Crippen molar-refractivity contribution in [3.8, 4) is 22.8 Å². The second kappa shape index (κ2) is 7.49. The highest BCUT2D eigenvalue weighted by Gasteiger charge is 2.23. The maximum absolute atomic E-state index is 13.5. The summed E-state index contributed by atoms with van der Waals surface area (Å²) in [6.07, 6.45) is 0. The highest BCUT2D eigenvalue weighted by atomic mass is 16.7. The average Bonchev–Trinajstić information content (AvgIpc) is 3.36. The fraction of sp³-hybridized carbons (Fsp3) is 0.167. The first-order valence-corrected chi connectivity index (χ1v) is 10.1. The Morgan fingerprint density at radius 3 is 2.47 bits per heavy atom. The second-order valence-electron chi connectivity index (χ2n) is 7.59. The van der Waals surface area contributed by atoms with Gasteiger partial charge in [-0.3, -0.25) is 14.3 Å². The number of hydrogen-bond donors (Lipinski definition) is 1. The summed E-state index contributed by atoms with van der Waals surface area (Å²) in [5, 5.41) is 8.00. The number of ketones is 1. The molecule has 0 unspecified atom stereocenters. The van der Waals surface area contributed by atoms with Crippen molar-refractivity contribution in [3.63, 3.8) is 0 Å². The number of aryl methyl sites for hydroxylation is 2. The van der Waals surface area contributed by atoms with E-state index in [9.17, 15) is 9.59 Å². The van der Waals surface area contributed by atoms with E-state index in [1.165, 1.54) is 6.92 Å². The molecule has 0 saturated carbocycles. The van der Waals surface area contributed by atoms with Crippen LogP contribution in [0.4, 0.5) is 5.69 Å². The lowest BCUT2D eigenvalue weighted by Crippen LogP contribution is -2.15. The number of carbonyl (C=O) groups is 2. The lowest BCUT2D eigenvalue weighted by molar-refractivity contribution is 0.101. The number of nitrogens with one attached hydrogen (secondary N) is 1. The number of fused-ring (bicyclic) bond motifs is 2. The van der Waals surface area contributed by atoms with Gasteiger partial charge in [-0.25, -0.2) is 4.98 Å². The van der Waals surface area contributed by atoms with Gasteiger partial charge in [0.05, 0.1) is 28.0 Å². The zero-order chi connectivity index (χ0) is 22.4. The Morgan fingerprint density at radius 2 is 1.75 bits per heavy atom. The lowest BCUT2D eigenvalue weighted by Gasteiger charge is -2.12. The fourth-order valence-electron chi connectivity index (χ4n) is 3.91. The van der Waals surface area contributed by atoms with E-state index in [1.807, 2.05) is 37.3 Å². The molecule has 3 heterocycles. The van der Waals surface area contributed by atoms with Gasteiger partial charge in [-0.1, -0.05) is 30.3 Å². The third-order valence-electron chi connectivity index (χ3n) is 5.42. The van der Waals surface area contributed by atoms with Crippen LogP contribution in [0.15, 0.2) is 48.5 Å². The third-order valence-corrected chi connectivity index (χ3v) is 5.42. The van der Waals surface area contributed by atoms with Crippen LogP contribution in [0.1, 0.15) is 33.3 Å². The Bertz CT molecular complexity index is 1390. The van der Waals surface area contributed by atoms with Crippen molar-refractivity contribution < 1.29 is 19.1 Å². The summed E-state index contributed by atoms with van der Waals surface area (Å²) in [6.45, 7) is 3.35. The maximum atomic E-state index is 13.5. The molecular weight excluding hydrogens is 408 g/mol. The van der Waals surface area contributed by atoms with Crippen LogP contribution in [0.25, 0.3) is 22.3 Å². The Kier molecular flexibility index (Phi) is 4.62. The molecule has 1 amide bonds. The van der Waals surface area contributed by atoms with Gasteiger partial charge < -0.3 is 14.8 Å². The first-order valence-electron chi connectivity index (χ1n) is 10.1. The molecule has 2 aromatic heterocycles.